The molecule has 0 radical (unpaired) electrons. The number of carbonyl (C=O) groups is 1. The van der Waals surface area contributed by atoms with Crippen molar-refractivity contribution in [1.29, 1.82) is 0 Å². The first kappa shape index (κ1) is 18.8. The summed E-state index contributed by atoms with van der Waals surface area (Å²) in [6.07, 6.45) is 2.47. The van der Waals surface area contributed by atoms with Crippen LogP contribution in [-0.4, -0.2) is 31.3 Å². The molecule has 1 aromatic carbocycles. The van der Waals surface area contributed by atoms with E-state index in [1.54, 1.807) is 12.1 Å². The number of fused-ring (bicyclic) bond motifs is 1. The van der Waals surface area contributed by atoms with E-state index in [9.17, 15) is 9.59 Å². The fourth-order valence-corrected chi connectivity index (χ4v) is 3.30. The van der Waals surface area contributed by atoms with Crippen molar-refractivity contribution < 1.29 is 4.79 Å². The maximum absolute atomic E-state index is 12.5. The van der Waals surface area contributed by atoms with Gasteiger partial charge in [-0.25, -0.2) is 4.98 Å². The number of nitrogens with one attached hydrogen (secondary N) is 1. The van der Waals surface area contributed by atoms with E-state index < -0.39 is 0 Å². The maximum Gasteiger partial charge on any atom is 0.261 e. The molecule has 0 spiro atoms. The summed E-state index contributed by atoms with van der Waals surface area (Å²) in [6, 6.07) is 7.21. The zero-order valence-corrected chi connectivity index (χ0v) is 16.2. The van der Waals surface area contributed by atoms with Gasteiger partial charge in [-0.05, 0) is 44.9 Å². The smallest absolute Gasteiger partial charge is 0.261 e. The molecule has 0 saturated carbocycles. The molecule has 0 aliphatic heterocycles. The minimum absolute atomic E-state index is 0.00875. The van der Waals surface area contributed by atoms with Gasteiger partial charge in [-0.3, -0.25) is 18.8 Å². The van der Waals surface area contributed by atoms with Crippen molar-refractivity contribution in [3.8, 4) is 0 Å². The van der Waals surface area contributed by atoms with E-state index in [-0.39, 0.29) is 23.9 Å². The molecule has 0 fully saturated rings. The number of hydrogen-bond acceptors (Lipinski definition) is 4. The molecule has 0 saturated heterocycles. The van der Waals surface area contributed by atoms with Gasteiger partial charge in [0.05, 0.1) is 22.9 Å². The van der Waals surface area contributed by atoms with Crippen molar-refractivity contribution >= 4 is 16.8 Å². The molecular formula is C20H25N5O2. The molecule has 0 bridgehead atoms. The Kier molecular flexibility index (Phi) is 5.39. The molecule has 2 aromatic heterocycles. The standard InChI is InChI=1S/C20H25N5O2/c1-13(11-17-14(2)23-24(4)15(17)3)22-19(26)9-10-25-12-21-18-8-6-5-7-16(18)20(25)27/h5-8,12-13H,9-11H2,1-4H3,(H,22,26). The Bertz CT molecular complexity index is 1030. The van der Waals surface area contributed by atoms with Crippen LogP contribution in [0.5, 0.6) is 0 Å². The van der Waals surface area contributed by atoms with Crippen LogP contribution < -0.4 is 10.9 Å². The van der Waals surface area contributed by atoms with Gasteiger partial charge in [-0.15, -0.1) is 0 Å². The van der Waals surface area contributed by atoms with Crippen LogP contribution in [-0.2, 0) is 24.8 Å². The third kappa shape index (κ3) is 4.07. The number of amides is 1. The zero-order chi connectivity index (χ0) is 19.6. The number of aromatic nitrogens is 4. The summed E-state index contributed by atoms with van der Waals surface area (Å²) in [6.45, 7) is 6.30. The van der Waals surface area contributed by atoms with Crippen LogP contribution >= 0.6 is 0 Å². The number of carbonyl (C=O) groups excluding carboxylic acids is 1. The maximum atomic E-state index is 12.5. The number of benzene rings is 1. The van der Waals surface area contributed by atoms with E-state index in [0.29, 0.717) is 17.4 Å². The molecule has 7 heteroatoms. The predicted octanol–water partition coefficient (Wildman–Crippen LogP) is 1.88. The monoisotopic (exact) mass is 367 g/mol. The van der Waals surface area contributed by atoms with Gasteiger partial charge in [0.1, 0.15) is 0 Å². The Morgan fingerprint density at radius 3 is 2.70 bits per heavy atom. The van der Waals surface area contributed by atoms with Gasteiger partial charge >= 0.3 is 0 Å². The van der Waals surface area contributed by atoms with E-state index in [0.717, 1.165) is 17.8 Å². The van der Waals surface area contributed by atoms with Gasteiger partial charge in [0.15, 0.2) is 0 Å². The highest BCUT2D eigenvalue weighted by Crippen LogP contribution is 2.14. The second-order valence-corrected chi connectivity index (χ2v) is 6.96. The van der Waals surface area contributed by atoms with Gasteiger partial charge in [-0.1, -0.05) is 12.1 Å². The number of nitrogens with zero attached hydrogens (tertiary/aromatic N) is 4. The van der Waals surface area contributed by atoms with E-state index >= 15 is 0 Å². The zero-order valence-electron chi connectivity index (χ0n) is 16.2. The Morgan fingerprint density at radius 2 is 2.00 bits per heavy atom. The van der Waals surface area contributed by atoms with Crippen LogP contribution in [0.3, 0.4) is 0 Å². The molecule has 27 heavy (non-hydrogen) atoms. The minimum atomic E-state index is -0.122. The first-order valence-electron chi connectivity index (χ1n) is 9.09. The van der Waals surface area contributed by atoms with E-state index in [4.69, 9.17) is 0 Å². The molecule has 1 atom stereocenters. The summed E-state index contributed by atoms with van der Waals surface area (Å²) >= 11 is 0. The summed E-state index contributed by atoms with van der Waals surface area (Å²) in [7, 11) is 1.92. The van der Waals surface area contributed by atoms with Crippen LogP contribution in [0.25, 0.3) is 10.9 Å². The molecule has 7 nitrogen and oxygen atoms in total. The third-order valence-electron chi connectivity index (χ3n) is 4.89. The van der Waals surface area contributed by atoms with Crippen molar-refractivity contribution in [2.75, 3.05) is 0 Å². The lowest BCUT2D eigenvalue weighted by Gasteiger charge is -2.15. The van der Waals surface area contributed by atoms with Gasteiger partial charge < -0.3 is 5.32 Å². The summed E-state index contributed by atoms with van der Waals surface area (Å²) in [5, 5.41) is 7.99. The lowest BCUT2D eigenvalue weighted by Crippen LogP contribution is -2.35. The second kappa shape index (κ2) is 7.73. The average Bonchev–Trinajstić information content (AvgIpc) is 2.87. The highest BCUT2D eigenvalue weighted by Gasteiger charge is 2.15. The molecule has 3 aromatic rings. The minimum Gasteiger partial charge on any atom is -0.353 e. The van der Waals surface area contributed by atoms with Gasteiger partial charge in [-0.2, -0.15) is 5.10 Å². The molecular weight excluding hydrogens is 342 g/mol. The van der Waals surface area contributed by atoms with Crippen molar-refractivity contribution in [3.05, 3.63) is 57.9 Å². The SMILES string of the molecule is Cc1nn(C)c(C)c1CC(C)NC(=O)CCn1cnc2ccccc2c1=O. The van der Waals surface area contributed by atoms with Crippen LogP contribution in [0.1, 0.15) is 30.3 Å². The molecule has 0 aliphatic carbocycles. The van der Waals surface area contributed by atoms with Gasteiger partial charge in [0.2, 0.25) is 5.91 Å². The molecule has 3 rings (SSSR count). The van der Waals surface area contributed by atoms with Crippen molar-refractivity contribution in [1.82, 2.24) is 24.6 Å². The lowest BCUT2D eigenvalue weighted by molar-refractivity contribution is -0.121. The van der Waals surface area contributed by atoms with E-state index in [1.807, 2.05) is 44.6 Å². The predicted molar refractivity (Wildman–Crippen MR) is 105 cm³/mol. The van der Waals surface area contributed by atoms with Gasteiger partial charge in [0, 0.05) is 31.7 Å². The summed E-state index contributed by atoms with van der Waals surface area (Å²) in [5.41, 5.74) is 3.81. The molecule has 2 heterocycles. The Balaban J connectivity index is 1.60. The van der Waals surface area contributed by atoms with Crippen LogP contribution in [0.2, 0.25) is 0 Å². The van der Waals surface area contributed by atoms with E-state index in [2.05, 4.69) is 15.4 Å². The second-order valence-electron chi connectivity index (χ2n) is 6.96. The number of rotatable bonds is 6. The molecule has 1 N–H and O–H groups in total. The molecule has 142 valence electrons. The topological polar surface area (TPSA) is 81.8 Å². The summed E-state index contributed by atoms with van der Waals surface area (Å²) in [5.74, 6) is -0.0817. The van der Waals surface area contributed by atoms with E-state index in [1.165, 1.54) is 16.5 Å². The number of para-hydroxylation sites is 1. The van der Waals surface area contributed by atoms with Crippen LogP contribution in [0.4, 0.5) is 0 Å². The van der Waals surface area contributed by atoms with Crippen molar-refractivity contribution in [3.63, 3.8) is 0 Å². The lowest BCUT2D eigenvalue weighted by atomic mass is 10.1. The summed E-state index contributed by atoms with van der Waals surface area (Å²) in [4.78, 5) is 29.0. The normalized spacial score (nSPS) is 12.3. The molecule has 0 aliphatic rings. The number of aryl methyl sites for hydroxylation is 3. The summed E-state index contributed by atoms with van der Waals surface area (Å²) < 4.78 is 3.35. The van der Waals surface area contributed by atoms with Crippen molar-refractivity contribution in [2.24, 2.45) is 7.05 Å². The largest absolute Gasteiger partial charge is 0.353 e. The molecule has 1 unspecified atom stereocenters. The fourth-order valence-electron chi connectivity index (χ4n) is 3.30. The Morgan fingerprint density at radius 1 is 1.26 bits per heavy atom. The van der Waals surface area contributed by atoms with Crippen LogP contribution in [0, 0.1) is 13.8 Å². The fraction of sp³-hybridized carbons (Fsp3) is 0.400. The van der Waals surface area contributed by atoms with Crippen molar-refractivity contribution in [2.45, 2.75) is 46.2 Å². The Hall–Kier alpha value is -2.96. The third-order valence-corrected chi connectivity index (χ3v) is 4.89. The quantitative estimate of drug-likeness (QED) is 0.721. The first-order valence-corrected chi connectivity index (χ1v) is 9.09. The average molecular weight is 367 g/mol. The van der Waals surface area contributed by atoms with Crippen LogP contribution in [0.15, 0.2) is 35.4 Å². The van der Waals surface area contributed by atoms with Gasteiger partial charge in [0.25, 0.3) is 5.56 Å². The number of hydrogen-bond donors (Lipinski definition) is 1. The highest BCUT2D eigenvalue weighted by molar-refractivity contribution is 5.77. The first-order chi connectivity index (χ1) is 12.9. The highest BCUT2D eigenvalue weighted by atomic mass is 16.2. The molecule has 1 amide bonds. The Labute approximate surface area is 158 Å².